The minimum Gasteiger partial charge on any atom is -0.348 e. The van der Waals surface area contributed by atoms with Crippen molar-refractivity contribution in [2.75, 3.05) is 0 Å². The summed E-state index contributed by atoms with van der Waals surface area (Å²) >= 11 is 0. The molecule has 0 aromatic heterocycles. The van der Waals surface area contributed by atoms with Crippen molar-refractivity contribution in [3.05, 3.63) is 71.3 Å². The van der Waals surface area contributed by atoms with E-state index in [2.05, 4.69) is 5.32 Å². The normalized spacial score (nSPS) is 21.9. The molecule has 0 fully saturated rings. The standard InChI is InChI=1S/C17H15NO2/c1-11-15(12-7-3-2-4-8-12)16(19)13-9-5-6-10-14(13)17(20)18-11/h2-11,15H,1H3,(H,18,20)/t11-,15-/m1/s1. The van der Waals surface area contributed by atoms with Crippen LogP contribution in [0.15, 0.2) is 54.6 Å². The Labute approximate surface area is 117 Å². The third kappa shape index (κ3) is 2.01. The first-order chi connectivity index (χ1) is 9.68. The van der Waals surface area contributed by atoms with Crippen LogP contribution in [0.1, 0.15) is 39.1 Å². The van der Waals surface area contributed by atoms with E-state index in [0.717, 1.165) is 5.56 Å². The fourth-order valence-corrected chi connectivity index (χ4v) is 2.76. The summed E-state index contributed by atoms with van der Waals surface area (Å²) in [7, 11) is 0. The van der Waals surface area contributed by atoms with Gasteiger partial charge in [-0.25, -0.2) is 0 Å². The number of fused-ring (bicyclic) bond motifs is 1. The number of benzene rings is 2. The molecule has 0 saturated carbocycles. The zero-order valence-corrected chi connectivity index (χ0v) is 11.2. The van der Waals surface area contributed by atoms with Crippen LogP contribution in [0.3, 0.4) is 0 Å². The molecule has 3 heteroatoms. The van der Waals surface area contributed by atoms with Crippen molar-refractivity contribution in [1.29, 1.82) is 0 Å². The SMILES string of the molecule is C[C@H]1NC(=O)c2ccccc2C(=O)[C@H]1c1ccccc1. The molecule has 1 heterocycles. The van der Waals surface area contributed by atoms with Crippen LogP contribution in [0, 0.1) is 0 Å². The highest BCUT2D eigenvalue weighted by Crippen LogP contribution is 2.28. The molecule has 2 atom stereocenters. The second-order valence-corrected chi connectivity index (χ2v) is 5.06. The van der Waals surface area contributed by atoms with E-state index in [1.54, 1.807) is 24.3 Å². The molecular weight excluding hydrogens is 250 g/mol. The van der Waals surface area contributed by atoms with E-state index in [4.69, 9.17) is 0 Å². The highest BCUT2D eigenvalue weighted by Gasteiger charge is 2.34. The van der Waals surface area contributed by atoms with Crippen molar-refractivity contribution in [2.24, 2.45) is 0 Å². The van der Waals surface area contributed by atoms with Gasteiger partial charge in [-0.1, -0.05) is 48.5 Å². The topological polar surface area (TPSA) is 46.2 Å². The Balaban J connectivity index is 2.14. The molecule has 1 N–H and O–H groups in total. The van der Waals surface area contributed by atoms with Gasteiger partial charge in [0.1, 0.15) is 0 Å². The van der Waals surface area contributed by atoms with Crippen LogP contribution < -0.4 is 5.32 Å². The highest BCUT2D eigenvalue weighted by molar-refractivity contribution is 6.12. The smallest absolute Gasteiger partial charge is 0.252 e. The van der Waals surface area contributed by atoms with Gasteiger partial charge in [0.15, 0.2) is 5.78 Å². The minimum absolute atomic E-state index is 0.00218. The molecule has 0 spiro atoms. The maximum Gasteiger partial charge on any atom is 0.252 e. The lowest BCUT2D eigenvalue weighted by Gasteiger charge is -2.21. The van der Waals surface area contributed by atoms with Gasteiger partial charge in [0, 0.05) is 11.6 Å². The lowest BCUT2D eigenvalue weighted by molar-refractivity contribution is 0.0926. The van der Waals surface area contributed by atoms with Gasteiger partial charge in [0.2, 0.25) is 0 Å². The number of carbonyl (C=O) groups excluding carboxylic acids is 2. The molecule has 0 unspecified atom stereocenters. The highest BCUT2D eigenvalue weighted by atomic mass is 16.2. The quantitative estimate of drug-likeness (QED) is 0.861. The van der Waals surface area contributed by atoms with Crippen molar-refractivity contribution < 1.29 is 9.59 Å². The van der Waals surface area contributed by atoms with Crippen molar-refractivity contribution in [3.8, 4) is 0 Å². The van der Waals surface area contributed by atoms with Crippen LogP contribution in [0.4, 0.5) is 0 Å². The van der Waals surface area contributed by atoms with Gasteiger partial charge < -0.3 is 5.32 Å². The summed E-state index contributed by atoms with van der Waals surface area (Å²) in [5.41, 5.74) is 1.90. The van der Waals surface area contributed by atoms with Gasteiger partial charge in [0.05, 0.1) is 11.5 Å². The van der Waals surface area contributed by atoms with Crippen molar-refractivity contribution in [2.45, 2.75) is 18.9 Å². The van der Waals surface area contributed by atoms with E-state index in [1.807, 2.05) is 37.3 Å². The monoisotopic (exact) mass is 265 g/mol. The van der Waals surface area contributed by atoms with Crippen LogP contribution in [0.25, 0.3) is 0 Å². The Kier molecular flexibility index (Phi) is 3.11. The van der Waals surface area contributed by atoms with Crippen LogP contribution in [0.2, 0.25) is 0 Å². The van der Waals surface area contributed by atoms with Crippen LogP contribution >= 0.6 is 0 Å². The van der Waals surface area contributed by atoms with Gasteiger partial charge in [0.25, 0.3) is 5.91 Å². The van der Waals surface area contributed by atoms with Gasteiger partial charge in [-0.05, 0) is 18.6 Å². The third-order valence-corrected chi connectivity index (χ3v) is 3.74. The summed E-state index contributed by atoms with van der Waals surface area (Å²) < 4.78 is 0. The molecule has 2 aromatic rings. The van der Waals surface area contributed by atoms with Gasteiger partial charge in [-0.2, -0.15) is 0 Å². The van der Waals surface area contributed by atoms with E-state index in [0.29, 0.717) is 11.1 Å². The van der Waals surface area contributed by atoms with E-state index in [-0.39, 0.29) is 23.7 Å². The predicted octanol–water partition coefficient (Wildman–Crippen LogP) is 2.79. The number of amides is 1. The Hall–Kier alpha value is -2.42. The zero-order valence-electron chi connectivity index (χ0n) is 11.2. The first-order valence-electron chi connectivity index (χ1n) is 6.67. The summed E-state index contributed by atoms with van der Waals surface area (Å²) in [6.07, 6.45) is 0. The number of carbonyl (C=O) groups is 2. The predicted molar refractivity (Wildman–Crippen MR) is 76.9 cm³/mol. The number of nitrogens with one attached hydrogen (secondary N) is 1. The fraction of sp³-hybridized carbons (Fsp3) is 0.176. The molecule has 0 bridgehead atoms. The van der Waals surface area contributed by atoms with Crippen LogP contribution in [-0.2, 0) is 0 Å². The fourth-order valence-electron chi connectivity index (χ4n) is 2.76. The molecule has 0 saturated heterocycles. The summed E-state index contributed by atoms with van der Waals surface area (Å²) in [6.45, 7) is 1.87. The molecular formula is C17H15NO2. The maximum absolute atomic E-state index is 12.8. The van der Waals surface area contributed by atoms with E-state index in [9.17, 15) is 9.59 Å². The molecule has 1 amide bonds. The lowest BCUT2D eigenvalue weighted by Crippen LogP contribution is -2.36. The minimum atomic E-state index is -0.344. The number of Topliss-reactive ketones (excluding diaryl/α,β-unsaturated/α-hetero) is 1. The van der Waals surface area contributed by atoms with Crippen molar-refractivity contribution in [3.63, 3.8) is 0 Å². The second-order valence-electron chi connectivity index (χ2n) is 5.06. The first kappa shape index (κ1) is 12.6. The van der Waals surface area contributed by atoms with Crippen molar-refractivity contribution >= 4 is 11.7 Å². The number of rotatable bonds is 1. The number of ketones is 1. The molecule has 20 heavy (non-hydrogen) atoms. The average Bonchev–Trinajstić information content (AvgIpc) is 2.56. The van der Waals surface area contributed by atoms with Crippen LogP contribution in [0.5, 0.6) is 0 Å². The number of hydrogen-bond acceptors (Lipinski definition) is 2. The van der Waals surface area contributed by atoms with E-state index in [1.165, 1.54) is 0 Å². The summed E-state index contributed by atoms with van der Waals surface area (Å²) in [5, 5.41) is 2.92. The Morgan fingerprint density at radius 2 is 1.45 bits per heavy atom. The number of hydrogen-bond donors (Lipinski definition) is 1. The molecule has 0 aliphatic carbocycles. The summed E-state index contributed by atoms with van der Waals surface area (Å²) in [4.78, 5) is 25.0. The first-order valence-corrected chi connectivity index (χ1v) is 6.67. The molecule has 1 aliphatic heterocycles. The molecule has 2 aromatic carbocycles. The summed E-state index contributed by atoms with van der Waals surface area (Å²) in [6, 6.07) is 16.4. The Morgan fingerprint density at radius 3 is 2.15 bits per heavy atom. The summed E-state index contributed by atoms with van der Waals surface area (Å²) in [5.74, 6) is -0.527. The molecule has 3 rings (SSSR count). The van der Waals surface area contributed by atoms with Gasteiger partial charge in [-0.3, -0.25) is 9.59 Å². The van der Waals surface area contributed by atoms with Gasteiger partial charge >= 0.3 is 0 Å². The van der Waals surface area contributed by atoms with Gasteiger partial charge in [-0.15, -0.1) is 0 Å². The Morgan fingerprint density at radius 1 is 0.850 bits per heavy atom. The Bertz CT molecular complexity index is 664. The molecule has 1 aliphatic rings. The lowest BCUT2D eigenvalue weighted by atomic mass is 9.85. The molecule has 3 nitrogen and oxygen atoms in total. The maximum atomic E-state index is 12.8. The van der Waals surface area contributed by atoms with E-state index < -0.39 is 0 Å². The van der Waals surface area contributed by atoms with Crippen molar-refractivity contribution in [1.82, 2.24) is 5.32 Å². The second kappa shape index (κ2) is 4.93. The van der Waals surface area contributed by atoms with E-state index >= 15 is 0 Å². The molecule has 0 radical (unpaired) electrons. The largest absolute Gasteiger partial charge is 0.348 e. The zero-order chi connectivity index (χ0) is 14.1. The average molecular weight is 265 g/mol. The molecule has 100 valence electrons. The third-order valence-electron chi connectivity index (χ3n) is 3.74. The van der Waals surface area contributed by atoms with Crippen LogP contribution in [-0.4, -0.2) is 17.7 Å².